The third-order valence-electron chi connectivity index (χ3n) is 4.81. The summed E-state index contributed by atoms with van der Waals surface area (Å²) < 4.78 is 13.8. The molecule has 1 aromatic rings. The second-order valence-electron chi connectivity index (χ2n) is 6.15. The lowest BCUT2D eigenvalue weighted by molar-refractivity contribution is 0.0695. The van der Waals surface area contributed by atoms with Crippen molar-refractivity contribution in [1.82, 2.24) is 5.32 Å². The van der Waals surface area contributed by atoms with E-state index in [1.54, 1.807) is 0 Å². The molecule has 112 valence electrons. The molecule has 3 rings (SSSR count). The van der Waals surface area contributed by atoms with E-state index in [4.69, 9.17) is 5.11 Å². The summed E-state index contributed by atoms with van der Waals surface area (Å²) in [7, 11) is 0. The van der Waals surface area contributed by atoms with Gasteiger partial charge in [-0.1, -0.05) is 19.3 Å². The van der Waals surface area contributed by atoms with Crippen LogP contribution in [0.3, 0.4) is 0 Å². The number of hydrogen-bond donors (Lipinski definition) is 2. The summed E-state index contributed by atoms with van der Waals surface area (Å²) >= 11 is 0. The molecule has 21 heavy (non-hydrogen) atoms. The highest BCUT2D eigenvalue weighted by Gasteiger charge is 2.54. The molecule has 5 heteroatoms. The van der Waals surface area contributed by atoms with Gasteiger partial charge in [0.1, 0.15) is 5.82 Å². The summed E-state index contributed by atoms with van der Waals surface area (Å²) in [5.41, 5.74) is 0.00265. The monoisotopic (exact) mass is 291 g/mol. The van der Waals surface area contributed by atoms with Gasteiger partial charge in [-0.05, 0) is 42.9 Å². The van der Waals surface area contributed by atoms with Gasteiger partial charge >= 0.3 is 5.97 Å². The topological polar surface area (TPSA) is 66.4 Å². The van der Waals surface area contributed by atoms with Crippen LogP contribution >= 0.6 is 0 Å². The fourth-order valence-electron chi connectivity index (χ4n) is 3.43. The van der Waals surface area contributed by atoms with Crippen molar-refractivity contribution in [1.29, 1.82) is 0 Å². The maximum atomic E-state index is 13.8. The molecule has 1 aromatic carbocycles. The zero-order valence-electron chi connectivity index (χ0n) is 11.7. The normalized spacial score (nSPS) is 22.8. The quantitative estimate of drug-likeness (QED) is 0.899. The number of carbonyl (C=O) groups excluding carboxylic acids is 1. The Morgan fingerprint density at radius 2 is 1.95 bits per heavy atom. The molecule has 4 nitrogen and oxygen atoms in total. The molecular formula is C16H18FNO3. The number of carboxylic acid groups (broad SMARTS) is 1. The average molecular weight is 291 g/mol. The molecule has 0 aromatic heterocycles. The molecule has 0 bridgehead atoms. The molecule has 1 atom stereocenters. The Hall–Kier alpha value is -1.91. The predicted molar refractivity (Wildman–Crippen MR) is 74.7 cm³/mol. The molecule has 2 saturated carbocycles. The first kappa shape index (κ1) is 14.0. The number of aromatic carboxylic acids is 1. The second kappa shape index (κ2) is 5.13. The predicted octanol–water partition coefficient (Wildman–Crippen LogP) is 2.98. The van der Waals surface area contributed by atoms with Crippen molar-refractivity contribution < 1.29 is 19.1 Å². The van der Waals surface area contributed by atoms with E-state index in [9.17, 15) is 14.0 Å². The maximum absolute atomic E-state index is 13.8. The van der Waals surface area contributed by atoms with Crippen molar-refractivity contribution in [2.24, 2.45) is 5.41 Å². The van der Waals surface area contributed by atoms with E-state index >= 15 is 0 Å². The Morgan fingerprint density at radius 1 is 1.24 bits per heavy atom. The molecule has 2 fully saturated rings. The van der Waals surface area contributed by atoms with Crippen molar-refractivity contribution in [2.45, 2.75) is 44.6 Å². The molecule has 0 saturated heterocycles. The van der Waals surface area contributed by atoms with Crippen molar-refractivity contribution >= 4 is 11.9 Å². The molecule has 2 N–H and O–H groups in total. The van der Waals surface area contributed by atoms with E-state index in [1.165, 1.54) is 31.4 Å². The van der Waals surface area contributed by atoms with Crippen molar-refractivity contribution in [3.05, 3.63) is 35.1 Å². The minimum Gasteiger partial charge on any atom is -0.478 e. The van der Waals surface area contributed by atoms with Crippen LogP contribution in [0.25, 0.3) is 0 Å². The van der Waals surface area contributed by atoms with Crippen LogP contribution < -0.4 is 5.32 Å². The fourth-order valence-corrected chi connectivity index (χ4v) is 3.43. The first-order valence-electron chi connectivity index (χ1n) is 7.36. The van der Waals surface area contributed by atoms with Crippen LogP contribution in [0.15, 0.2) is 18.2 Å². The highest BCUT2D eigenvalue weighted by molar-refractivity contribution is 5.96. The second-order valence-corrected chi connectivity index (χ2v) is 6.15. The average Bonchev–Trinajstić information content (AvgIpc) is 3.10. The molecular weight excluding hydrogens is 273 g/mol. The largest absolute Gasteiger partial charge is 0.478 e. The number of nitrogens with one attached hydrogen (secondary N) is 1. The van der Waals surface area contributed by atoms with E-state index in [2.05, 4.69) is 5.32 Å². The van der Waals surface area contributed by atoms with Crippen LogP contribution in [0, 0.1) is 11.2 Å². The van der Waals surface area contributed by atoms with Gasteiger partial charge in [0, 0.05) is 6.04 Å². The maximum Gasteiger partial charge on any atom is 0.335 e. The van der Waals surface area contributed by atoms with E-state index < -0.39 is 17.7 Å². The molecule has 1 amide bonds. The Morgan fingerprint density at radius 3 is 2.57 bits per heavy atom. The summed E-state index contributed by atoms with van der Waals surface area (Å²) in [6.07, 6.45) is 6.92. The number of benzene rings is 1. The van der Waals surface area contributed by atoms with Gasteiger partial charge in [0.2, 0.25) is 0 Å². The number of amides is 1. The first-order chi connectivity index (χ1) is 10.0. The van der Waals surface area contributed by atoms with Gasteiger partial charge < -0.3 is 10.4 Å². The van der Waals surface area contributed by atoms with E-state index in [0.717, 1.165) is 25.3 Å². The highest BCUT2D eigenvalue weighted by atomic mass is 19.1. The summed E-state index contributed by atoms with van der Waals surface area (Å²) in [5, 5.41) is 11.7. The molecule has 1 spiro atoms. The fraction of sp³-hybridized carbons (Fsp3) is 0.500. The van der Waals surface area contributed by atoms with E-state index in [1.807, 2.05) is 0 Å². The number of carboxylic acids is 1. The smallest absolute Gasteiger partial charge is 0.335 e. The first-order valence-corrected chi connectivity index (χ1v) is 7.36. The van der Waals surface area contributed by atoms with Crippen LogP contribution in [-0.2, 0) is 0 Å². The Balaban J connectivity index is 1.68. The third kappa shape index (κ3) is 2.64. The molecule has 0 radical (unpaired) electrons. The summed E-state index contributed by atoms with van der Waals surface area (Å²) in [4.78, 5) is 22.9. The Labute approximate surface area is 122 Å². The minimum atomic E-state index is -1.20. The zero-order chi connectivity index (χ0) is 15.0. The number of hydrogen-bond acceptors (Lipinski definition) is 2. The van der Waals surface area contributed by atoms with Gasteiger partial charge in [-0.15, -0.1) is 0 Å². The van der Waals surface area contributed by atoms with Gasteiger partial charge in [0.05, 0.1) is 11.1 Å². The SMILES string of the molecule is O=C(O)c1ccc(C(=O)NC2CC23CCCCC3)c(F)c1. The standard InChI is InChI=1S/C16H18FNO3/c17-12-8-10(15(20)21)4-5-11(12)14(19)18-13-9-16(13)6-2-1-3-7-16/h4-5,8,13H,1-3,6-7,9H2,(H,18,19)(H,20,21). The van der Waals surface area contributed by atoms with Crippen LogP contribution in [-0.4, -0.2) is 23.0 Å². The van der Waals surface area contributed by atoms with Crippen LogP contribution in [0.4, 0.5) is 4.39 Å². The highest BCUT2D eigenvalue weighted by Crippen LogP contribution is 2.56. The molecule has 1 unspecified atom stereocenters. The molecule has 2 aliphatic carbocycles. The number of halogens is 1. The zero-order valence-corrected chi connectivity index (χ0v) is 11.7. The van der Waals surface area contributed by atoms with Crippen molar-refractivity contribution in [3.8, 4) is 0 Å². The lowest BCUT2D eigenvalue weighted by Crippen LogP contribution is -2.31. The molecule has 2 aliphatic rings. The molecule has 0 aliphatic heterocycles. The lowest BCUT2D eigenvalue weighted by atomic mass is 9.86. The van der Waals surface area contributed by atoms with Crippen molar-refractivity contribution in [3.63, 3.8) is 0 Å². The third-order valence-corrected chi connectivity index (χ3v) is 4.81. The van der Waals surface area contributed by atoms with Gasteiger partial charge in [-0.25, -0.2) is 9.18 Å². The summed E-state index contributed by atoms with van der Waals surface area (Å²) in [5.74, 6) is -2.44. The summed E-state index contributed by atoms with van der Waals surface area (Å²) in [6, 6.07) is 3.53. The van der Waals surface area contributed by atoms with Gasteiger partial charge in [-0.2, -0.15) is 0 Å². The van der Waals surface area contributed by atoms with E-state index in [0.29, 0.717) is 0 Å². The lowest BCUT2D eigenvalue weighted by Gasteiger charge is -2.22. The Kier molecular flexibility index (Phi) is 3.43. The van der Waals surface area contributed by atoms with Gasteiger partial charge in [0.15, 0.2) is 0 Å². The van der Waals surface area contributed by atoms with E-state index in [-0.39, 0.29) is 22.6 Å². The van der Waals surface area contributed by atoms with Gasteiger partial charge in [-0.3, -0.25) is 4.79 Å². The number of rotatable bonds is 3. The van der Waals surface area contributed by atoms with Crippen LogP contribution in [0.1, 0.15) is 59.2 Å². The van der Waals surface area contributed by atoms with Gasteiger partial charge in [0.25, 0.3) is 5.91 Å². The minimum absolute atomic E-state index is 0.0853. The number of carbonyl (C=O) groups is 2. The Bertz CT molecular complexity index is 593. The van der Waals surface area contributed by atoms with Crippen LogP contribution in [0.5, 0.6) is 0 Å². The summed E-state index contributed by atoms with van der Waals surface area (Å²) in [6.45, 7) is 0. The van der Waals surface area contributed by atoms with Crippen LogP contribution in [0.2, 0.25) is 0 Å². The van der Waals surface area contributed by atoms with Crippen molar-refractivity contribution in [2.75, 3.05) is 0 Å². The molecule has 0 heterocycles.